The molecule has 3 nitrogen and oxygen atoms in total. The van der Waals surface area contributed by atoms with Crippen LogP contribution in [0.25, 0.3) is 0 Å². The number of rotatable bonds is 3. The molecule has 1 aromatic rings. The molecule has 0 saturated heterocycles. The second-order valence-electron chi connectivity index (χ2n) is 2.85. The summed E-state index contributed by atoms with van der Waals surface area (Å²) in [5, 5.41) is 9.38. The molecular weight excluding hydrogens is 267 g/mol. The summed E-state index contributed by atoms with van der Waals surface area (Å²) in [7, 11) is 0. The highest BCUT2D eigenvalue weighted by Crippen LogP contribution is 2.28. The minimum atomic E-state index is -0.767. The zero-order valence-corrected chi connectivity index (χ0v) is 9.67. The molecule has 15 heavy (non-hydrogen) atoms. The van der Waals surface area contributed by atoms with Gasteiger partial charge in [0.1, 0.15) is 0 Å². The number of hydrogen-bond donors (Lipinski definition) is 1. The number of carbonyl (C=O) groups is 1. The molecule has 0 aliphatic heterocycles. The monoisotopic (exact) mass is 276 g/mol. The van der Waals surface area contributed by atoms with E-state index in [1.165, 1.54) is 12.1 Å². The molecule has 1 aromatic carbocycles. The van der Waals surface area contributed by atoms with Gasteiger partial charge >= 0.3 is 5.97 Å². The average molecular weight is 277 g/mol. The molecule has 0 aromatic heterocycles. The lowest BCUT2D eigenvalue weighted by Crippen LogP contribution is -2.08. The van der Waals surface area contributed by atoms with E-state index in [1.807, 2.05) is 0 Å². The first-order valence-electron chi connectivity index (χ1n) is 4.37. The molecule has 0 aliphatic rings. The molecule has 0 saturated carbocycles. The molecule has 1 N–H and O–H groups in total. The van der Waals surface area contributed by atoms with Gasteiger partial charge in [-0.25, -0.2) is 4.39 Å². The van der Waals surface area contributed by atoms with Crippen molar-refractivity contribution in [3.63, 3.8) is 0 Å². The Labute approximate surface area is 95.0 Å². The van der Waals surface area contributed by atoms with E-state index in [-0.39, 0.29) is 23.1 Å². The third-order valence-corrected chi connectivity index (χ3v) is 2.41. The average Bonchev–Trinajstić information content (AvgIpc) is 2.20. The third kappa shape index (κ3) is 2.92. The molecule has 82 valence electrons. The van der Waals surface area contributed by atoms with Crippen molar-refractivity contribution in [2.24, 2.45) is 0 Å². The largest absolute Gasteiger partial charge is 0.505 e. The van der Waals surface area contributed by atoms with Crippen LogP contribution in [0.4, 0.5) is 4.39 Å². The Morgan fingerprint density at radius 3 is 2.87 bits per heavy atom. The van der Waals surface area contributed by atoms with Crippen LogP contribution in [0.5, 0.6) is 5.75 Å². The molecule has 0 amide bonds. The zero-order chi connectivity index (χ0) is 11.4. The topological polar surface area (TPSA) is 46.5 Å². The minimum Gasteiger partial charge on any atom is -0.505 e. The number of phenols is 1. The van der Waals surface area contributed by atoms with Crippen LogP contribution in [0.3, 0.4) is 0 Å². The first-order chi connectivity index (χ1) is 7.06. The molecule has 0 radical (unpaired) electrons. The summed E-state index contributed by atoms with van der Waals surface area (Å²) in [6.45, 7) is 1.94. The van der Waals surface area contributed by atoms with Crippen molar-refractivity contribution in [1.29, 1.82) is 0 Å². The SMILES string of the molecule is CCOC(=O)Cc1ccc(Br)c(F)c1O. The quantitative estimate of drug-likeness (QED) is 0.863. The van der Waals surface area contributed by atoms with Gasteiger partial charge in [0.15, 0.2) is 11.6 Å². The summed E-state index contributed by atoms with van der Waals surface area (Å²) in [6.07, 6.45) is -0.135. The number of ether oxygens (including phenoxy) is 1. The second-order valence-corrected chi connectivity index (χ2v) is 3.71. The molecule has 1 rings (SSSR count). The predicted molar refractivity (Wildman–Crippen MR) is 56.1 cm³/mol. The van der Waals surface area contributed by atoms with Crippen LogP contribution in [0, 0.1) is 5.82 Å². The van der Waals surface area contributed by atoms with Crippen LogP contribution in [0.1, 0.15) is 12.5 Å². The highest BCUT2D eigenvalue weighted by molar-refractivity contribution is 9.10. The van der Waals surface area contributed by atoms with Gasteiger partial charge in [-0.3, -0.25) is 4.79 Å². The number of aromatic hydroxyl groups is 1. The molecule has 0 atom stereocenters. The zero-order valence-electron chi connectivity index (χ0n) is 8.09. The molecule has 0 spiro atoms. The molecule has 0 unspecified atom stereocenters. The van der Waals surface area contributed by atoms with Gasteiger partial charge < -0.3 is 9.84 Å². The fraction of sp³-hybridized carbons (Fsp3) is 0.300. The van der Waals surface area contributed by atoms with E-state index < -0.39 is 17.5 Å². The first kappa shape index (κ1) is 12.0. The van der Waals surface area contributed by atoms with Crippen molar-refractivity contribution in [1.82, 2.24) is 0 Å². The predicted octanol–water partition coefficient (Wildman–Crippen LogP) is 2.40. The van der Waals surface area contributed by atoms with Crippen molar-refractivity contribution >= 4 is 21.9 Å². The van der Waals surface area contributed by atoms with Crippen molar-refractivity contribution in [2.75, 3.05) is 6.61 Å². The van der Waals surface area contributed by atoms with Crippen LogP contribution in [0.15, 0.2) is 16.6 Å². The van der Waals surface area contributed by atoms with Crippen molar-refractivity contribution in [3.05, 3.63) is 28.0 Å². The van der Waals surface area contributed by atoms with Crippen LogP contribution in [-0.2, 0) is 16.0 Å². The standard InChI is InChI=1S/C10H10BrFO3/c1-2-15-8(13)5-6-3-4-7(11)9(12)10(6)14/h3-4,14H,2,5H2,1H3. The highest BCUT2D eigenvalue weighted by atomic mass is 79.9. The normalized spacial score (nSPS) is 10.1. The van der Waals surface area contributed by atoms with Crippen LogP contribution in [0.2, 0.25) is 0 Å². The molecule has 0 fully saturated rings. The van der Waals surface area contributed by atoms with Crippen LogP contribution >= 0.6 is 15.9 Å². The van der Waals surface area contributed by atoms with Gasteiger partial charge in [0.25, 0.3) is 0 Å². The number of hydrogen-bond acceptors (Lipinski definition) is 3. The molecule has 0 aliphatic carbocycles. The summed E-state index contributed by atoms with van der Waals surface area (Å²) in [4.78, 5) is 11.1. The molecule has 0 heterocycles. The Bertz CT molecular complexity index is 379. The van der Waals surface area contributed by atoms with E-state index in [0.29, 0.717) is 0 Å². The number of esters is 1. The number of benzene rings is 1. The maximum Gasteiger partial charge on any atom is 0.310 e. The van der Waals surface area contributed by atoms with Gasteiger partial charge in [0.05, 0.1) is 17.5 Å². The van der Waals surface area contributed by atoms with E-state index in [1.54, 1.807) is 6.92 Å². The summed E-state index contributed by atoms with van der Waals surface area (Å²) < 4.78 is 18.0. The van der Waals surface area contributed by atoms with Gasteiger partial charge in [-0.2, -0.15) is 0 Å². The Morgan fingerprint density at radius 1 is 1.60 bits per heavy atom. The van der Waals surface area contributed by atoms with E-state index in [0.717, 1.165) is 0 Å². The highest BCUT2D eigenvalue weighted by Gasteiger charge is 2.14. The van der Waals surface area contributed by atoms with Crippen LogP contribution < -0.4 is 0 Å². The second kappa shape index (κ2) is 5.11. The summed E-state index contributed by atoms with van der Waals surface area (Å²) in [6, 6.07) is 2.91. The lowest BCUT2D eigenvalue weighted by molar-refractivity contribution is -0.142. The van der Waals surface area contributed by atoms with Gasteiger partial charge in [-0.15, -0.1) is 0 Å². The lowest BCUT2D eigenvalue weighted by Gasteiger charge is -2.06. The molecule has 0 bridgehead atoms. The lowest BCUT2D eigenvalue weighted by atomic mass is 10.1. The summed E-state index contributed by atoms with van der Waals surface area (Å²) in [5.41, 5.74) is 0.217. The van der Waals surface area contributed by atoms with E-state index in [2.05, 4.69) is 20.7 Å². The van der Waals surface area contributed by atoms with Gasteiger partial charge in [-0.1, -0.05) is 6.07 Å². The fourth-order valence-electron chi connectivity index (χ4n) is 1.09. The van der Waals surface area contributed by atoms with Crippen molar-refractivity contribution in [3.8, 4) is 5.75 Å². The number of carbonyl (C=O) groups excluding carboxylic acids is 1. The Hall–Kier alpha value is -1.10. The molecule has 5 heteroatoms. The Balaban J connectivity index is 2.87. The summed E-state index contributed by atoms with van der Waals surface area (Å²) in [5.74, 6) is -1.77. The van der Waals surface area contributed by atoms with Gasteiger partial charge in [-0.05, 0) is 28.9 Å². The fourth-order valence-corrected chi connectivity index (χ4v) is 1.41. The Morgan fingerprint density at radius 2 is 2.27 bits per heavy atom. The third-order valence-electron chi connectivity index (χ3n) is 1.79. The van der Waals surface area contributed by atoms with Gasteiger partial charge in [0.2, 0.25) is 0 Å². The van der Waals surface area contributed by atoms with E-state index in [4.69, 9.17) is 0 Å². The number of halogens is 2. The van der Waals surface area contributed by atoms with E-state index in [9.17, 15) is 14.3 Å². The van der Waals surface area contributed by atoms with Crippen LogP contribution in [-0.4, -0.2) is 17.7 Å². The first-order valence-corrected chi connectivity index (χ1v) is 5.17. The van der Waals surface area contributed by atoms with Gasteiger partial charge in [0, 0.05) is 5.56 Å². The van der Waals surface area contributed by atoms with Crippen molar-refractivity contribution in [2.45, 2.75) is 13.3 Å². The summed E-state index contributed by atoms with van der Waals surface area (Å²) >= 11 is 2.93. The Kier molecular flexibility index (Phi) is 4.08. The maximum atomic E-state index is 13.2. The number of phenolic OH excluding ortho intramolecular Hbond substituents is 1. The van der Waals surface area contributed by atoms with E-state index >= 15 is 0 Å². The van der Waals surface area contributed by atoms with Crippen molar-refractivity contribution < 1.29 is 19.0 Å². The minimum absolute atomic E-state index is 0.135. The molecular formula is C10H10BrFO3. The smallest absolute Gasteiger partial charge is 0.310 e. The maximum absolute atomic E-state index is 13.2.